The van der Waals surface area contributed by atoms with Crippen LogP contribution in [0.4, 0.5) is 0 Å². The van der Waals surface area contributed by atoms with Gasteiger partial charge >= 0.3 is 0 Å². The number of hydrogen-bond donors (Lipinski definition) is 2. The molecular formula is C20H21N5O2. The lowest BCUT2D eigenvalue weighted by Gasteiger charge is -2.51. The van der Waals surface area contributed by atoms with Gasteiger partial charge in [-0.25, -0.2) is 4.99 Å². The average Bonchev–Trinajstić information content (AvgIpc) is 3.27. The minimum absolute atomic E-state index is 0.0510. The van der Waals surface area contributed by atoms with Gasteiger partial charge in [0.05, 0.1) is 18.2 Å². The largest absolute Gasteiger partial charge is 0.386 e. The lowest BCUT2D eigenvalue weighted by Crippen LogP contribution is -2.63. The van der Waals surface area contributed by atoms with Crippen LogP contribution >= 0.6 is 0 Å². The fourth-order valence-corrected chi connectivity index (χ4v) is 5.06. The maximum Gasteiger partial charge on any atom is 0.296 e. The van der Waals surface area contributed by atoms with E-state index in [1.807, 2.05) is 30.3 Å². The first-order valence-electron chi connectivity index (χ1n) is 8.89. The van der Waals surface area contributed by atoms with Gasteiger partial charge in [-0.05, 0) is 30.4 Å². The van der Waals surface area contributed by atoms with Crippen LogP contribution in [0.2, 0.25) is 0 Å². The van der Waals surface area contributed by atoms with Crippen molar-refractivity contribution in [1.82, 2.24) is 5.32 Å². The highest BCUT2D eigenvalue weighted by molar-refractivity contribution is 5.96. The number of amidine groups is 1. The number of ether oxygens (including phenoxy) is 2. The third-order valence-electron chi connectivity index (χ3n) is 6.19. The lowest BCUT2D eigenvalue weighted by molar-refractivity contribution is -0.253. The van der Waals surface area contributed by atoms with Crippen molar-refractivity contribution >= 4 is 5.84 Å². The van der Waals surface area contributed by atoms with E-state index in [9.17, 15) is 10.5 Å². The quantitative estimate of drug-likeness (QED) is 0.795. The van der Waals surface area contributed by atoms with E-state index in [0.717, 1.165) is 29.7 Å². The molecule has 7 nitrogen and oxygen atoms in total. The summed E-state index contributed by atoms with van der Waals surface area (Å²) in [4.78, 5) is 4.45. The summed E-state index contributed by atoms with van der Waals surface area (Å²) >= 11 is 0. The van der Waals surface area contributed by atoms with Crippen molar-refractivity contribution in [2.24, 2.45) is 21.6 Å². The third-order valence-corrected chi connectivity index (χ3v) is 6.19. The molecule has 0 saturated heterocycles. The van der Waals surface area contributed by atoms with Crippen molar-refractivity contribution in [3.05, 3.63) is 47.2 Å². The number of allylic oxidation sites excluding steroid dienone is 1. The van der Waals surface area contributed by atoms with Gasteiger partial charge in [0.2, 0.25) is 0 Å². The van der Waals surface area contributed by atoms with E-state index in [1.54, 1.807) is 0 Å². The third kappa shape index (κ3) is 1.78. The van der Waals surface area contributed by atoms with Crippen molar-refractivity contribution in [2.75, 3.05) is 14.2 Å². The summed E-state index contributed by atoms with van der Waals surface area (Å²) in [6.45, 7) is 0. The number of hydrogen-bond acceptors (Lipinski definition) is 7. The highest BCUT2D eigenvalue weighted by Gasteiger charge is 2.79. The predicted molar refractivity (Wildman–Crippen MR) is 97.7 cm³/mol. The normalized spacial score (nSPS) is 33.3. The zero-order valence-corrected chi connectivity index (χ0v) is 15.3. The van der Waals surface area contributed by atoms with Crippen LogP contribution < -0.4 is 11.1 Å². The molecular weight excluding hydrogens is 342 g/mol. The first-order valence-corrected chi connectivity index (χ1v) is 8.89. The van der Waals surface area contributed by atoms with E-state index in [0.29, 0.717) is 6.42 Å². The molecule has 0 fully saturated rings. The molecule has 0 bridgehead atoms. The molecule has 3 N–H and O–H groups in total. The van der Waals surface area contributed by atoms with E-state index in [1.165, 1.54) is 14.2 Å². The molecule has 2 aliphatic heterocycles. The van der Waals surface area contributed by atoms with Crippen LogP contribution in [0.5, 0.6) is 0 Å². The van der Waals surface area contributed by atoms with E-state index >= 15 is 0 Å². The van der Waals surface area contributed by atoms with Crippen molar-refractivity contribution in [3.8, 4) is 12.1 Å². The van der Waals surface area contributed by atoms with Gasteiger partial charge < -0.3 is 20.5 Å². The van der Waals surface area contributed by atoms with Crippen molar-refractivity contribution in [1.29, 1.82) is 10.5 Å². The second-order valence-electron chi connectivity index (χ2n) is 7.07. The highest BCUT2D eigenvalue weighted by atomic mass is 16.7. The maximum absolute atomic E-state index is 10.5. The monoisotopic (exact) mass is 363 g/mol. The Hall–Kier alpha value is -2.87. The van der Waals surface area contributed by atoms with E-state index < -0.39 is 22.8 Å². The molecule has 27 heavy (non-hydrogen) atoms. The van der Waals surface area contributed by atoms with E-state index in [-0.39, 0.29) is 5.84 Å². The van der Waals surface area contributed by atoms with Crippen LogP contribution in [-0.2, 0) is 9.47 Å². The molecule has 1 aliphatic carbocycles. The van der Waals surface area contributed by atoms with Gasteiger partial charge in [0.1, 0.15) is 5.84 Å². The van der Waals surface area contributed by atoms with Crippen LogP contribution in [0.1, 0.15) is 30.9 Å². The molecule has 0 unspecified atom stereocenters. The molecule has 4 rings (SSSR count). The van der Waals surface area contributed by atoms with E-state index in [2.05, 4.69) is 22.4 Å². The number of benzene rings is 1. The summed E-state index contributed by atoms with van der Waals surface area (Å²) in [5, 5.41) is 24.5. The summed E-state index contributed by atoms with van der Waals surface area (Å²) in [5.74, 6) is -1.61. The molecule has 3 aliphatic rings. The molecule has 0 radical (unpaired) electrons. The Labute approximate surface area is 158 Å². The molecule has 0 amide bonds. The number of nitrogens with zero attached hydrogens (tertiary/aromatic N) is 3. The summed E-state index contributed by atoms with van der Waals surface area (Å²) in [6, 6.07) is 13.8. The maximum atomic E-state index is 10.5. The topological polar surface area (TPSA) is 116 Å². The molecule has 0 saturated carbocycles. The molecule has 3 atom stereocenters. The lowest BCUT2D eigenvalue weighted by atomic mass is 9.53. The molecule has 0 aromatic heterocycles. The Morgan fingerprint density at radius 3 is 2.44 bits per heavy atom. The van der Waals surface area contributed by atoms with E-state index in [4.69, 9.17) is 15.2 Å². The number of methoxy groups -OCH3 is 2. The Kier molecular flexibility index (Phi) is 3.78. The summed E-state index contributed by atoms with van der Waals surface area (Å²) in [7, 11) is 2.86. The second kappa shape index (κ2) is 5.82. The van der Waals surface area contributed by atoms with Gasteiger partial charge in [-0.2, -0.15) is 10.5 Å². The number of rotatable bonds is 3. The fourth-order valence-electron chi connectivity index (χ4n) is 5.06. The van der Waals surface area contributed by atoms with Gasteiger partial charge in [-0.1, -0.05) is 30.3 Å². The summed E-state index contributed by atoms with van der Waals surface area (Å²) < 4.78 is 11.4. The van der Waals surface area contributed by atoms with Gasteiger partial charge in [0, 0.05) is 19.9 Å². The molecule has 0 spiro atoms. The predicted octanol–water partition coefficient (Wildman–Crippen LogP) is 2.11. The van der Waals surface area contributed by atoms with Gasteiger partial charge in [-0.15, -0.1) is 0 Å². The summed E-state index contributed by atoms with van der Waals surface area (Å²) in [6.07, 6.45) is 2.35. The molecule has 1 aromatic rings. The Balaban J connectivity index is 2.10. The van der Waals surface area contributed by atoms with Crippen LogP contribution in [-0.4, -0.2) is 26.0 Å². The number of nitriles is 2. The minimum atomic E-state index is -1.67. The average molecular weight is 363 g/mol. The number of fused-ring (bicyclic) bond motifs is 2. The molecule has 138 valence electrons. The minimum Gasteiger partial charge on any atom is -0.386 e. The Morgan fingerprint density at radius 1 is 1.15 bits per heavy atom. The molecule has 2 heterocycles. The molecule has 7 heteroatoms. The van der Waals surface area contributed by atoms with Crippen molar-refractivity contribution in [2.45, 2.75) is 31.2 Å². The summed E-state index contributed by atoms with van der Waals surface area (Å²) in [5.41, 5.74) is 6.08. The number of nitrogens with one attached hydrogen (secondary N) is 1. The SMILES string of the molecule is COC1(OC)N=C(N)[C@]2(C#N)[C@@H](c3ccccc3)NC3=C(CCC3)[C@]12C#N. The van der Waals surface area contributed by atoms with Gasteiger partial charge in [0.25, 0.3) is 5.91 Å². The Morgan fingerprint density at radius 2 is 1.85 bits per heavy atom. The zero-order valence-electron chi connectivity index (χ0n) is 15.3. The standard InChI is InChI=1S/C20H21N5O2/c1-26-20(27-2)19(12-22)14-9-6-10-15(14)24-16(13-7-4-3-5-8-13)18(19,11-21)17(23)25-20/h3-5,7-8,16,24H,6,9-10H2,1-2H3,(H2,23,25)/t16-,18+,19+/m1/s1. The van der Waals surface area contributed by atoms with Crippen molar-refractivity contribution in [3.63, 3.8) is 0 Å². The second-order valence-corrected chi connectivity index (χ2v) is 7.07. The zero-order chi connectivity index (χ0) is 19.3. The van der Waals surface area contributed by atoms with Crippen LogP contribution in [0, 0.1) is 33.5 Å². The Bertz CT molecular complexity index is 922. The smallest absolute Gasteiger partial charge is 0.296 e. The fraction of sp³-hybridized carbons (Fsp3) is 0.450. The van der Waals surface area contributed by atoms with Crippen LogP contribution in [0.25, 0.3) is 0 Å². The van der Waals surface area contributed by atoms with Gasteiger partial charge in [-0.3, -0.25) is 0 Å². The number of aliphatic imine (C=N–C) groups is 1. The van der Waals surface area contributed by atoms with Crippen LogP contribution in [0.15, 0.2) is 46.6 Å². The van der Waals surface area contributed by atoms with Gasteiger partial charge in [0.15, 0.2) is 10.8 Å². The highest BCUT2D eigenvalue weighted by Crippen LogP contribution is 2.67. The first kappa shape index (κ1) is 17.5. The van der Waals surface area contributed by atoms with Crippen molar-refractivity contribution < 1.29 is 9.47 Å². The first-order chi connectivity index (χ1) is 13.1. The molecule has 1 aromatic carbocycles. The van der Waals surface area contributed by atoms with Crippen LogP contribution in [0.3, 0.4) is 0 Å². The number of nitrogens with two attached hydrogens (primary N) is 1.